The molecule has 7 heteroatoms. The number of carbonyl (C=O) groups excluding carboxylic acids is 1. The van der Waals surface area contributed by atoms with Crippen molar-refractivity contribution in [2.75, 3.05) is 7.11 Å². The smallest absolute Gasteiger partial charge is 0.356 e. The monoisotopic (exact) mass is 324 g/mol. The Labute approximate surface area is 136 Å². The van der Waals surface area contributed by atoms with Crippen LogP contribution in [0.4, 0.5) is 5.69 Å². The molecule has 0 saturated carbocycles. The van der Waals surface area contributed by atoms with Gasteiger partial charge in [0.25, 0.3) is 5.69 Å². The molecule has 0 amide bonds. The van der Waals surface area contributed by atoms with Crippen LogP contribution in [-0.4, -0.2) is 23.0 Å². The van der Waals surface area contributed by atoms with Crippen LogP contribution in [0.15, 0.2) is 54.6 Å². The maximum atomic E-state index is 11.8. The molecule has 120 valence electrons. The summed E-state index contributed by atoms with van der Waals surface area (Å²) in [5.74, 6) is 0.247. The first-order valence-corrected chi connectivity index (χ1v) is 6.99. The fourth-order valence-electron chi connectivity index (χ4n) is 2.20. The molecule has 0 radical (unpaired) electrons. The summed E-state index contributed by atoms with van der Waals surface area (Å²) in [5.41, 5.74) is 0.669. The fraction of sp³-hybridized carbons (Fsp3) is 0.0588. The number of rotatable bonds is 4. The van der Waals surface area contributed by atoms with Crippen LogP contribution in [0.5, 0.6) is 11.5 Å². The van der Waals surface area contributed by atoms with Gasteiger partial charge in [0, 0.05) is 23.6 Å². The van der Waals surface area contributed by atoms with E-state index in [4.69, 9.17) is 9.47 Å². The highest BCUT2D eigenvalue weighted by Crippen LogP contribution is 2.31. The SMILES string of the molecule is COC(=O)c1cc(Oc2ccc([N+](=O)[O-])cc2)c2ccccc2n1. The number of benzene rings is 2. The van der Waals surface area contributed by atoms with E-state index in [1.165, 1.54) is 37.4 Å². The number of methoxy groups -OCH3 is 1. The minimum absolute atomic E-state index is 0.0304. The van der Waals surface area contributed by atoms with E-state index in [2.05, 4.69) is 4.98 Å². The highest BCUT2D eigenvalue weighted by molar-refractivity contribution is 5.94. The van der Waals surface area contributed by atoms with E-state index in [0.29, 0.717) is 22.4 Å². The summed E-state index contributed by atoms with van der Waals surface area (Å²) in [6, 6.07) is 14.3. The van der Waals surface area contributed by atoms with Crippen molar-refractivity contribution in [1.82, 2.24) is 4.98 Å². The van der Waals surface area contributed by atoms with Crippen molar-refractivity contribution in [2.45, 2.75) is 0 Å². The second-order valence-corrected chi connectivity index (χ2v) is 4.87. The molecule has 7 nitrogen and oxygen atoms in total. The zero-order valence-corrected chi connectivity index (χ0v) is 12.6. The number of esters is 1. The number of nitro groups is 1. The van der Waals surface area contributed by atoms with Gasteiger partial charge < -0.3 is 9.47 Å². The van der Waals surface area contributed by atoms with Crippen molar-refractivity contribution in [3.05, 3.63) is 70.4 Å². The molecule has 0 spiro atoms. The molecule has 0 saturated heterocycles. The normalized spacial score (nSPS) is 10.4. The minimum Gasteiger partial charge on any atom is -0.464 e. The molecule has 2 aromatic carbocycles. The third kappa shape index (κ3) is 3.00. The summed E-state index contributed by atoms with van der Waals surface area (Å²) in [5, 5.41) is 11.4. The van der Waals surface area contributed by atoms with E-state index in [0.717, 1.165) is 0 Å². The molecular formula is C17H12N2O5. The van der Waals surface area contributed by atoms with Crippen molar-refractivity contribution in [2.24, 2.45) is 0 Å². The van der Waals surface area contributed by atoms with E-state index in [1.54, 1.807) is 12.1 Å². The number of carbonyl (C=O) groups is 1. The number of nitrogens with zero attached hydrogens (tertiary/aromatic N) is 2. The Morgan fingerprint density at radius 1 is 1.12 bits per heavy atom. The molecule has 0 aliphatic rings. The second kappa shape index (κ2) is 6.33. The van der Waals surface area contributed by atoms with Gasteiger partial charge in [0.1, 0.15) is 11.5 Å². The number of hydrogen-bond acceptors (Lipinski definition) is 6. The number of hydrogen-bond donors (Lipinski definition) is 0. The van der Waals surface area contributed by atoms with Crippen LogP contribution in [0.25, 0.3) is 10.9 Å². The molecule has 3 rings (SSSR count). The van der Waals surface area contributed by atoms with E-state index in [-0.39, 0.29) is 11.4 Å². The first-order chi connectivity index (χ1) is 11.6. The number of ether oxygens (including phenoxy) is 2. The van der Waals surface area contributed by atoms with Crippen molar-refractivity contribution in [3.8, 4) is 11.5 Å². The molecule has 1 aromatic heterocycles. The largest absolute Gasteiger partial charge is 0.464 e. The maximum absolute atomic E-state index is 11.8. The Bertz CT molecular complexity index is 922. The summed E-state index contributed by atoms with van der Waals surface area (Å²) in [4.78, 5) is 26.2. The number of nitro benzene ring substituents is 1. The first-order valence-electron chi connectivity index (χ1n) is 6.99. The van der Waals surface area contributed by atoms with E-state index < -0.39 is 10.9 Å². The first kappa shape index (κ1) is 15.4. The fourth-order valence-corrected chi connectivity index (χ4v) is 2.20. The van der Waals surface area contributed by atoms with Gasteiger partial charge in [-0.05, 0) is 24.3 Å². The molecular weight excluding hydrogens is 312 g/mol. The summed E-state index contributed by atoms with van der Waals surface area (Å²) in [6.45, 7) is 0. The lowest BCUT2D eigenvalue weighted by molar-refractivity contribution is -0.384. The molecule has 1 heterocycles. The Kier molecular flexibility index (Phi) is 4.07. The predicted octanol–water partition coefficient (Wildman–Crippen LogP) is 3.72. The number of pyridine rings is 1. The standard InChI is InChI=1S/C17H12N2O5/c1-23-17(20)15-10-16(13-4-2-3-5-14(13)18-15)24-12-8-6-11(7-9-12)19(21)22/h2-10H,1H3. The molecule has 0 bridgehead atoms. The van der Waals surface area contributed by atoms with E-state index in [9.17, 15) is 14.9 Å². The van der Waals surface area contributed by atoms with Crippen molar-refractivity contribution < 1.29 is 19.2 Å². The topological polar surface area (TPSA) is 91.6 Å². The van der Waals surface area contributed by atoms with Crippen LogP contribution in [-0.2, 0) is 4.74 Å². The molecule has 0 N–H and O–H groups in total. The van der Waals surface area contributed by atoms with Crippen LogP contribution >= 0.6 is 0 Å². The van der Waals surface area contributed by atoms with Gasteiger partial charge in [0.2, 0.25) is 0 Å². The van der Waals surface area contributed by atoms with Crippen LogP contribution in [0, 0.1) is 10.1 Å². The quantitative estimate of drug-likeness (QED) is 0.412. The lowest BCUT2D eigenvalue weighted by Crippen LogP contribution is -2.05. The maximum Gasteiger partial charge on any atom is 0.356 e. The Morgan fingerprint density at radius 3 is 2.50 bits per heavy atom. The Balaban J connectivity index is 2.04. The van der Waals surface area contributed by atoms with E-state index >= 15 is 0 Å². The average molecular weight is 324 g/mol. The zero-order chi connectivity index (χ0) is 17.1. The molecule has 0 aliphatic heterocycles. The molecule has 24 heavy (non-hydrogen) atoms. The van der Waals surface area contributed by atoms with Crippen molar-refractivity contribution in [3.63, 3.8) is 0 Å². The molecule has 0 fully saturated rings. The molecule has 0 unspecified atom stereocenters. The minimum atomic E-state index is -0.575. The average Bonchev–Trinajstić information content (AvgIpc) is 2.61. The Hall–Kier alpha value is -3.48. The lowest BCUT2D eigenvalue weighted by atomic mass is 10.2. The highest BCUT2D eigenvalue weighted by Gasteiger charge is 2.14. The van der Waals surface area contributed by atoms with Gasteiger partial charge in [-0.3, -0.25) is 10.1 Å². The van der Waals surface area contributed by atoms with Gasteiger partial charge in [-0.15, -0.1) is 0 Å². The second-order valence-electron chi connectivity index (χ2n) is 4.87. The molecule has 3 aromatic rings. The van der Waals surface area contributed by atoms with Crippen LogP contribution < -0.4 is 4.74 Å². The van der Waals surface area contributed by atoms with Crippen LogP contribution in [0.3, 0.4) is 0 Å². The number of non-ortho nitro benzene ring substituents is 1. The Morgan fingerprint density at radius 2 is 1.83 bits per heavy atom. The zero-order valence-electron chi connectivity index (χ0n) is 12.6. The van der Waals surface area contributed by atoms with Gasteiger partial charge in [-0.2, -0.15) is 0 Å². The van der Waals surface area contributed by atoms with Gasteiger partial charge in [0.05, 0.1) is 17.5 Å². The number of para-hydroxylation sites is 1. The van der Waals surface area contributed by atoms with Crippen molar-refractivity contribution in [1.29, 1.82) is 0 Å². The third-order valence-corrected chi connectivity index (χ3v) is 3.35. The van der Waals surface area contributed by atoms with Crippen LogP contribution in [0.1, 0.15) is 10.5 Å². The summed E-state index contributed by atoms with van der Waals surface area (Å²) in [7, 11) is 1.27. The highest BCUT2D eigenvalue weighted by atomic mass is 16.6. The van der Waals surface area contributed by atoms with E-state index in [1.807, 2.05) is 12.1 Å². The summed E-state index contributed by atoms with van der Waals surface area (Å²) in [6.07, 6.45) is 0. The molecule has 0 aliphatic carbocycles. The van der Waals surface area contributed by atoms with Gasteiger partial charge >= 0.3 is 5.97 Å². The summed E-state index contributed by atoms with van der Waals surface area (Å²) < 4.78 is 10.5. The van der Waals surface area contributed by atoms with Crippen molar-refractivity contribution >= 4 is 22.6 Å². The van der Waals surface area contributed by atoms with Crippen LogP contribution in [0.2, 0.25) is 0 Å². The van der Waals surface area contributed by atoms with Gasteiger partial charge in [0.15, 0.2) is 5.69 Å². The third-order valence-electron chi connectivity index (χ3n) is 3.35. The predicted molar refractivity (Wildman–Crippen MR) is 86.3 cm³/mol. The molecule has 0 atom stereocenters. The summed E-state index contributed by atoms with van der Waals surface area (Å²) >= 11 is 0. The van der Waals surface area contributed by atoms with Gasteiger partial charge in [-0.1, -0.05) is 12.1 Å². The lowest BCUT2D eigenvalue weighted by Gasteiger charge is -2.10. The van der Waals surface area contributed by atoms with Gasteiger partial charge in [-0.25, -0.2) is 9.78 Å². The number of aromatic nitrogens is 1. The number of fused-ring (bicyclic) bond motifs is 1.